The number of anilines is 4. The van der Waals surface area contributed by atoms with Crippen LogP contribution in [0.15, 0.2) is 30.9 Å². The number of nitrogens with one attached hydrogen (secondary N) is 3. The molecule has 5 rings (SSSR count). The Hall–Kier alpha value is -4.39. The molecule has 0 aliphatic carbocycles. The Kier molecular flexibility index (Phi) is 6.53. The van der Waals surface area contributed by atoms with Crippen molar-refractivity contribution in [2.24, 2.45) is 12.8 Å². The van der Waals surface area contributed by atoms with Crippen molar-refractivity contribution in [2.45, 2.75) is 25.9 Å². The Labute approximate surface area is 217 Å². The zero-order valence-corrected chi connectivity index (χ0v) is 21.4. The molecule has 1 aromatic carbocycles. The van der Waals surface area contributed by atoms with E-state index in [-0.39, 0.29) is 35.0 Å². The van der Waals surface area contributed by atoms with Gasteiger partial charge < -0.3 is 31.2 Å². The fraction of sp³-hybridized carbons (Fsp3) is 0.320. The molecular formula is C25H28F2N10O. The second-order valence-electron chi connectivity index (χ2n) is 9.43. The lowest BCUT2D eigenvalue weighted by Gasteiger charge is -2.37. The molecule has 0 unspecified atom stereocenters. The SMILES string of the molecule is CNc1nc(Nc2cc(F)c(N3C[C@@H](C)N[C@@H](C)C3)c(F)c2)c(C(N)=O)nc1-c1cncc2c1ncn2C. The van der Waals surface area contributed by atoms with Crippen molar-refractivity contribution < 1.29 is 13.6 Å². The minimum atomic E-state index is -0.869. The zero-order chi connectivity index (χ0) is 27.1. The van der Waals surface area contributed by atoms with Gasteiger partial charge in [-0.15, -0.1) is 0 Å². The van der Waals surface area contributed by atoms with E-state index in [1.807, 2.05) is 20.9 Å². The minimum absolute atomic E-state index is 0.0530. The van der Waals surface area contributed by atoms with Gasteiger partial charge in [0.2, 0.25) is 0 Å². The molecule has 1 aliphatic heterocycles. The quantitative estimate of drug-likeness (QED) is 0.301. The molecule has 4 heterocycles. The molecule has 38 heavy (non-hydrogen) atoms. The number of nitrogens with two attached hydrogens (primary N) is 1. The van der Waals surface area contributed by atoms with E-state index >= 15 is 8.78 Å². The Bertz CT molecular complexity index is 1510. The first-order chi connectivity index (χ1) is 18.2. The number of fused-ring (bicyclic) bond motifs is 1. The number of piperazine rings is 1. The van der Waals surface area contributed by atoms with Crippen LogP contribution in [-0.2, 0) is 7.05 Å². The number of carbonyl (C=O) groups is 1. The highest BCUT2D eigenvalue weighted by atomic mass is 19.1. The molecule has 1 aliphatic rings. The van der Waals surface area contributed by atoms with Gasteiger partial charge in [-0.3, -0.25) is 9.78 Å². The molecule has 2 atom stereocenters. The van der Waals surface area contributed by atoms with Crippen molar-refractivity contribution in [1.82, 2.24) is 29.8 Å². The summed E-state index contributed by atoms with van der Waals surface area (Å²) in [4.78, 5) is 31.7. The number of amides is 1. The van der Waals surface area contributed by atoms with Crippen LogP contribution >= 0.6 is 0 Å². The van der Waals surface area contributed by atoms with Gasteiger partial charge in [0, 0.05) is 51.2 Å². The molecule has 0 spiro atoms. The number of carbonyl (C=O) groups excluding carboxylic acids is 1. The lowest BCUT2D eigenvalue weighted by atomic mass is 10.1. The number of benzene rings is 1. The molecule has 1 amide bonds. The second kappa shape index (κ2) is 9.82. The van der Waals surface area contributed by atoms with Crippen LogP contribution in [0.2, 0.25) is 0 Å². The minimum Gasteiger partial charge on any atom is -0.371 e. The summed E-state index contributed by atoms with van der Waals surface area (Å²) in [6.07, 6.45) is 4.87. The van der Waals surface area contributed by atoms with E-state index in [9.17, 15) is 4.79 Å². The number of aryl methyl sites for hydroxylation is 1. The second-order valence-corrected chi connectivity index (χ2v) is 9.43. The molecule has 3 aromatic heterocycles. The topological polar surface area (TPSA) is 139 Å². The summed E-state index contributed by atoms with van der Waals surface area (Å²) in [7, 11) is 3.47. The van der Waals surface area contributed by atoms with E-state index in [2.05, 4.69) is 35.9 Å². The predicted molar refractivity (Wildman–Crippen MR) is 142 cm³/mol. The average molecular weight is 523 g/mol. The van der Waals surface area contributed by atoms with Crippen molar-refractivity contribution in [1.29, 1.82) is 0 Å². The summed E-state index contributed by atoms with van der Waals surface area (Å²) in [6, 6.07) is 2.48. The van der Waals surface area contributed by atoms with Crippen molar-refractivity contribution in [2.75, 3.05) is 35.7 Å². The smallest absolute Gasteiger partial charge is 0.271 e. The number of halogens is 2. The van der Waals surface area contributed by atoms with E-state index in [4.69, 9.17) is 5.73 Å². The number of aromatic nitrogens is 5. The van der Waals surface area contributed by atoms with Crippen LogP contribution in [-0.4, -0.2) is 62.6 Å². The third-order valence-corrected chi connectivity index (χ3v) is 6.41. The first-order valence-electron chi connectivity index (χ1n) is 12.1. The van der Waals surface area contributed by atoms with E-state index in [0.717, 1.165) is 17.6 Å². The third kappa shape index (κ3) is 4.56. The van der Waals surface area contributed by atoms with E-state index in [1.54, 1.807) is 35.2 Å². The molecule has 5 N–H and O–H groups in total. The zero-order valence-electron chi connectivity index (χ0n) is 21.4. The molecular weight excluding hydrogens is 494 g/mol. The summed E-state index contributed by atoms with van der Waals surface area (Å²) in [5.74, 6) is -2.10. The maximum absolute atomic E-state index is 15.2. The first-order valence-corrected chi connectivity index (χ1v) is 12.1. The molecule has 0 bridgehead atoms. The van der Waals surface area contributed by atoms with E-state index in [0.29, 0.717) is 35.7 Å². The van der Waals surface area contributed by atoms with E-state index in [1.165, 1.54) is 0 Å². The van der Waals surface area contributed by atoms with E-state index < -0.39 is 17.5 Å². The molecule has 11 nitrogen and oxygen atoms in total. The van der Waals surface area contributed by atoms with Crippen LogP contribution in [0.25, 0.3) is 22.3 Å². The highest BCUT2D eigenvalue weighted by Crippen LogP contribution is 2.34. The van der Waals surface area contributed by atoms with Crippen molar-refractivity contribution in [3.63, 3.8) is 0 Å². The number of primary amides is 1. The normalized spacial score (nSPS) is 17.6. The maximum atomic E-state index is 15.2. The van der Waals surface area contributed by atoms with Gasteiger partial charge in [0.1, 0.15) is 16.9 Å². The van der Waals surface area contributed by atoms with Gasteiger partial charge in [-0.1, -0.05) is 0 Å². The van der Waals surface area contributed by atoms with Gasteiger partial charge in [0.25, 0.3) is 5.91 Å². The van der Waals surface area contributed by atoms with Crippen molar-refractivity contribution >= 4 is 40.0 Å². The number of imidazole rings is 1. The monoisotopic (exact) mass is 522 g/mol. The Morgan fingerprint density at radius 2 is 1.79 bits per heavy atom. The molecule has 13 heteroatoms. The lowest BCUT2D eigenvalue weighted by Crippen LogP contribution is -2.54. The first kappa shape index (κ1) is 25.3. The number of rotatable bonds is 6. The summed E-state index contributed by atoms with van der Waals surface area (Å²) in [5, 5.41) is 9.11. The number of hydrogen-bond acceptors (Lipinski definition) is 9. The van der Waals surface area contributed by atoms with Gasteiger partial charge in [-0.2, -0.15) is 0 Å². The largest absolute Gasteiger partial charge is 0.371 e. The number of pyridine rings is 1. The lowest BCUT2D eigenvalue weighted by molar-refractivity contribution is 0.0996. The van der Waals surface area contributed by atoms with Crippen molar-refractivity contribution in [3.05, 3.63) is 48.2 Å². The highest BCUT2D eigenvalue weighted by Gasteiger charge is 2.27. The summed E-state index contributed by atoms with van der Waals surface area (Å²) in [6.45, 7) is 4.86. The molecule has 1 saturated heterocycles. The predicted octanol–water partition coefficient (Wildman–Crippen LogP) is 2.77. The van der Waals surface area contributed by atoms with Gasteiger partial charge in [-0.25, -0.2) is 23.7 Å². The van der Waals surface area contributed by atoms with Crippen LogP contribution in [0.3, 0.4) is 0 Å². The van der Waals surface area contributed by atoms with Crippen LogP contribution in [0.5, 0.6) is 0 Å². The van der Waals surface area contributed by atoms with Gasteiger partial charge in [0.15, 0.2) is 29.0 Å². The average Bonchev–Trinajstić information content (AvgIpc) is 3.23. The Morgan fingerprint density at radius 3 is 2.42 bits per heavy atom. The standard InChI is InChI=1S/C25H28F2N10O/c1-12-9-37(10-13(2)32-12)22-16(26)5-14(6-17(22)27)33-25-21(23(28)38)34-20(24(29-3)35-25)15-7-30-8-18-19(15)31-11-36(18)4/h5-8,11-13,32H,9-10H2,1-4H3,(H2,28,38)(H2,29,33,35)/t12-,13+. The summed E-state index contributed by atoms with van der Waals surface area (Å²) >= 11 is 0. The molecule has 1 fully saturated rings. The van der Waals surface area contributed by atoms with Crippen LogP contribution in [0.4, 0.5) is 31.8 Å². The number of nitrogens with zero attached hydrogens (tertiary/aromatic N) is 6. The van der Waals surface area contributed by atoms with Crippen LogP contribution < -0.4 is 26.6 Å². The van der Waals surface area contributed by atoms with Crippen LogP contribution in [0, 0.1) is 11.6 Å². The summed E-state index contributed by atoms with van der Waals surface area (Å²) < 4.78 is 32.2. The van der Waals surface area contributed by atoms with Gasteiger partial charge >= 0.3 is 0 Å². The molecule has 198 valence electrons. The molecule has 0 radical (unpaired) electrons. The Balaban J connectivity index is 1.54. The Morgan fingerprint density at radius 1 is 1.11 bits per heavy atom. The molecule has 4 aromatic rings. The van der Waals surface area contributed by atoms with Crippen LogP contribution in [0.1, 0.15) is 24.3 Å². The third-order valence-electron chi connectivity index (χ3n) is 6.41. The maximum Gasteiger partial charge on any atom is 0.271 e. The van der Waals surface area contributed by atoms with Crippen molar-refractivity contribution in [3.8, 4) is 11.3 Å². The number of hydrogen-bond donors (Lipinski definition) is 4. The molecule has 0 saturated carbocycles. The fourth-order valence-corrected chi connectivity index (χ4v) is 4.86. The summed E-state index contributed by atoms with van der Waals surface area (Å²) in [5.41, 5.74) is 7.59. The van der Waals surface area contributed by atoms with Gasteiger partial charge in [-0.05, 0) is 26.0 Å². The fourth-order valence-electron chi connectivity index (χ4n) is 4.86. The highest BCUT2D eigenvalue weighted by molar-refractivity contribution is 5.99. The van der Waals surface area contributed by atoms with Gasteiger partial charge in [0.05, 0.1) is 23.6 Å².